The zero-order valence-electron chi connectivity index (χ0n) is 14.8. The summed E-state index contributed by atoms with van der Waals surface area (Å²) in [6.07, 6.45) is 3.78. The van der Waals surface area contributed by atoms with Crippen LogP contribution in [0.2, 0.25) is 0 Å². The predicted octanol–water partition coefficient (Wildman–Crippen LogP) is 2.82. The summed E-state index contributed by atoms with van der Waals surface area (Å²) in [6, 6.07) is 8.34. The lowest BCUT2D eigenvalue weighted by atomic mass is 9.97. The van der Waals surface area contributed by atoms with Crippen LogP contribution in [0.15, 0.2) is 24.3 Å². The topological polar surface area (TPSA) is 32.8 Å². The fraction of sp³-hybridized carbons (Fsp3) is 0.632. The molecule has 2 rings (SSSR count). The van der Waals surface area contributed by atoms with Crippen LogP contribution in [0.3, 0.4) is 0 Å². The van der Waals surface area contributed by atoms with Gasteiger partial charge in [-0.3, -0.25) is 4.79 Å². The summed E-state index contributed by atoms with van der Waals surface area (Å²) < 4.78 is 5.84. The van der Waals surface area contributed by atoms with E-state index < -0.39 is 0 Å². The lowest BCUT2D eigenvalue weighted by molar-refractivity contribution is -0.133. The first kappa shape index (κ1) is 17.8. The van der Waals surface area contributed by atoms with Crippen LogP contribution in [0.4, 0.5) is 0 Å². The Balaban J connectivity index is 1.63. The maximum Gasteiger partial charge on any atom is 0.222 e. The Hall–Kier alpha value is -1.55. The van der Waals surface area contributed by atoms with E-state index in [1.54, 1.807) is 0 Å². The minimum absolute atomic E-state index is 0.284. The van der Waals surface area contributed by atoms with Crippen molar-refractivity contribution < 1.29 is 9.53 Å². The molecule has 0 bridgehead atoms. The monoisotopic (exact) mass is 318 g/mol. The minimum atomic E-state index is 0.284. The molecule has 1 unspecified atom stereocenters. The molecule has 0 aliphatic carbocycles. The molecule has 128 valence electrons. The maximum atomic E-state index is 11.5. The summed E-state index contributed by atoms with van der Waals surface area (Å²) in [5.74, 6) is 1.86. The van der Waals surface area contributed by atoms with Crippen LogP contribution in [-0.4, -0.2) is 56.0 Å². The van der Waals surface area contributed by atoms with Crippen molar-refractivity contribution in [3.05, 3.63) is 29.8 Å². The van der Waals surface area contributed by atoms with Crippen LogP contribution in [0.5, 0.6) is 5.75 Å². The lowest BCUT2D eigenvalue weighted by Crippen LogP contribution is -2.41. The Morgan fingerprint density at radius 1 is 1.39 bits per heavy atom. The molecular weight excluding hydrogens is 288 g/mol. The molecule has 0 radical (unpaired) electrons. The largest absolute Gasteiger partial charge is 0.494 e. The van der Waals surface area contributed by atoms with Crippen molar-refractivity contribution in [2.24, 2.45) is 5.92 Å². The van der Waals surface area contributed by atoms with Gasteiger partial charge in [0.2, 0.25) is 5.91 Å². The first-order valence-electron chi connectivity index (χ1n) is 8.72. The van der Waals surface area contributed by atoms with Gasteiger partial charge in [0, 0.05) is 33.1 Å². The molecule has 23 heavy (non-hydrogen) atoms. The molecule has 1 fully saturated rings. The van der Waals surface area contributed by atoms with Crippen molar-refractivity contribution in [3.63, 3.8) is 0 Å². The number of amides is 1. The second-order valence-corrected chi connectivity index (χ2v) is 6.64. The average Bonchev–Trinajstić information content (AvgIpc) is 2.55. The molecule has 0 spiro atoms. The van der Waals surface area contributed by atoms with E-state index in [-0.39, 0.29) is 5.91 Å². The molecule has 4 nitrogen and oxygen atoms in total. The van der Waals surface area contributed by atoms with Gasteiger partial charge in [-0.25, -0.2) is 0 Å². The van der Waals surface area contributed by atoms with Gasteiger partial charge in [-0.05, 0) is 49.9 Å². The molecule has 1 aliphatic heterocycles. The van der Waals surface area contributed by atoms with Crippen LogP contribution in [0.1, 0.15) is 31.7 Å². The van der Waals surface area contributed by atoms with Crippen molar-refractivity contribution in [2.45, 2.75) is 32.6 Å². The first-order valence-corrected chi connectivity index (χ1v) is 8.72. The summed E-state index contributed by atoms with van der Waals surface area (Å²) >= 11 is 0. The van der Waals surface area contributed by atoms with Crippen molar-refractivity contribution in [1.29, 1.82) is 0 Å². The standard InChI is InChI=1S/C19H30N2O2/c1-4-16-7-5-8-18(13-16)23-12-6-11-20(2)14-17-9-10-19(22)21(3)15-17/h5,7-8,13,17H,4,6,9-12,14-15H2,1-3H3. The number of benzene rings is 1. The Kier molecular flexibility index (Phi) is 6.90. The van der Waals surface area contributed by atoms with Gasteiger partial charge < -0.3 is 14.5 Å². The normalized spacial score (nSPS) is 18.5. The number of rotatable bonds is 8. The van der Waals surface area contributed by atoms with Gasteiger partial charge in [0.25, 0.3) is 0 Å². The molecule has 1 amide bonds. The highest BCUT2D eigenvalue weighted by Gasteiger charge is 2.23. The number of carbonyl (C=O) groups excluding carboxylic acids is 1. The molecule has 1 saturated heterocycles. The zero-order chi connectivity index (χ0) is 16.7. The van der Waals surface area contributed by atoms with Crippen molar-refractivity contribution in [1.82, 2.24) is 9.80 Å². The Morgan fingerprint density at radius 3 is 2.96 bits per heavy atom. The SMILES string of the molecule is CCc1cccc(OCCCN(C)CC2CCC(=O)N(C)C2)c1. The van der Waals surface area contributed by atoms with E-state index >= 15 is 0 Å². The zero-order valence-corrected chi connectivity index (χ0v) is 14.8. The molecule has 0 saturated carbocycles. The molecule has 1 heterocycles. The van der Waals surface area contributed by atoms with Gasteiger partial charge in [-0.1, -0.05) is 19.1 Å². The molecule has 0 N–H and O–H groups in total. The predicted molar refractivity (Wildman–Crippen MR) is 93.8 cm³/mol. The molecular formula is C19H30N2O2. The van der Waals surface area contributed by atoms with Crippen LogP contribution in [-0.2, 0) is 11.2 Å². The number of hydrogen-bond acceptors (Lipinski definition) is 3. The molecule has 1 aromatic rings. The summed E-state index contributed by atoms with van der Waals surface area (Å²) in [5, 5.41) is 0. The number of likely N-dealkylation sites (tertiary alicyclic amines) is 1. The van der Waals surface area contributed by atoms with Gasteiger partial charge in [0.1, 0.15) is 5.75 Å². The third-order valence-corrected chi connectivity index (χ3v) is 4.55. The first-order chi connectivity index (χ1) is 11.1. The van der Waals surface area contributed by atoms with E-state index in [9.17, 15) is 4.79 Å². The van der Waals surface area contributed by atoms with Crippen molar-refractivity contribution >= 4 is 5.91 Å². The van der Waals surface area contributed by atoms with Crippen molar-refractivity contribution in [3.8, 4) is 5.75 Å². The number of nitrogens with zero attached hydrogens (tertiary/aromatic N) is 2. The number of hydrogen-bond donors (Lipinski definition) is 0. The molecule has 1 aromatic carbocycles. The summed E-state index contributed by atoms with van der Waals surface area (Å²) in [6.45, 7) is 5.89. The van der Waals surface area contributed by atoms with E-state index in [0.717, 1.165) is 51.3 Å². The fourth-order valence-electron chi connectivity index (χ4n) is 3.16. The summed E-state index contributed by atoms with van der Waals surface area (Å²) in [4.78, 5) is 15.7. The Morgan fingerprint density at radius 2 is 2.22 bits per heavy atom. The molecule has 1 aliphatic rings. The maximum absolute atomic E-state index is 11.5. The Labute approximate surface area is 140 Å². The second kappa shape index (κ2) is 8.92. The third-order valence-electron chi connectivity index (χ3n) is 4.55. The van der Waals surface area contributed by atoms with Crippen LogP contribution < -0.4 is 4.74 Å². The summed E-state index contributed by atoms with van der Waals surface area (Å²) in [7, 11) is 4.07. The summed E-state index contributed by atoms with van der Waals surface area (Å²) in [5.41, 5.74) is 1.32. The highest BCUT2D eigenvalue weighted by Crippen LogP contribution is 2.17. The average molecular weight is 318 g/mol. The van der Waals surface area contributed by atoms with Gasteiger partial charge in [-0.15, -0.1) is 0 Å². The number of carbonyl (C=O) groups is 1. The lowest BCUT2D eigenvalue weighted by Gasteiger charge is -2.32. The van der Waals surface area contributed by atoms with Gasteiger partial charge in [-0.2, -0.15) is 0 Å². The highest BCUT2D eigenvalue weighted by atomic mass is 16.5. The fourth-order valence-corrected chi connectivity index (χ4v) is 3.16. The van der Waals surface area contributed by atoms with Crippen LogP contribution >= 0.6 is 0 Å². The van der Waals surface area contributed by atoms with Gasteiger partial charge in [0.15, 0.2) is 0 Å². The number of aryl methyl sites for hydroxylation is 1. The van der Waals surface area contributed by atoms with Crippen LogP contribution in [0, 0.1) is 5.92 Å². The highest BCUT2D eigenvalue weighted by molar-refractivity contribution is 5.76. The second-order valence-electron chi connectivity index (χ2n) is 6.64. The third kappa shape index (κ3) is 5.87. The van der Waals surface area contributed by atoms with Crippen LogP contribution in [0.25, 0.3) is 0 Å². The van der Waals surface area contributed by atoms with Crippen molar-refractivity contribution in [2.75, 3.05) is 40.3 Å². The van der Waals surface area contributed by atoms with E-state index in [2.05, 4.69) is 37.1 Å². The minimum Gasteiger partial charge on any atom is -0.494 e. The van der Waals surface area contributed by atoms with E-state index in [1.165, 1.54) is 5.56 Å². The molecule has 1 atom stereocenters. The quantitative estimate of drug-likeness (QED) is 0.691. The molecule has 4 heteroatoms. The van der Waals surface area contributed by atoms with E-state index in [0.29, 0.717) is 12.3 Å². The number of ether oxygens (including phenoxy) is 1. The van der Waals surface area contributed by atoms with Gasteiger partial charge >= 0.3 is 0 Å². The smallest absolute Gasteiger partial charge is 0.222 e. The van der Waals surface area contributed by atoms with Gasteiger partial charge in [0.05, 0.1) is 6.61 Å². The molecule has 0 aromatic heterocycles. The van der Waals surface area contributed by atoms with E-state index in [1.807, 2.05) is 18.0 Å². The number of piperidine rings is 1. The van der Waals surface area contributed by atoms with E-state index in [4.69, 9.17) is 4.74 Å². The Bertz CT molecular complexity index is 504.